The van der Waals surface area contributed by atoms with E-state index in [1.165, 1.54) is 0 Å². The molecule has 0 radical (unpaired) electrons. The third-order valence-electron chi connectivity index (χ3n) is 0.949. The van der Waals surface area contributed by atoms with E-state index in [1.54, 1.807) is 0 Å². The molecule has 0 aromatic rings. The SMILES string of the molecule is OCCCCC#CSC(F)(F)F. The molecule has 0 fully saturated rings. The zero-order valence-corrected chi connectivity index (χ0v) is 7.13. The zero-order valence-electron chi connectivity index (χ0n) is 6.32. The van der Waals surface area contributed by atoms with Gasteiger partial charge in [0.15, 0.2) is 0 Å². The molecule has 0 atom stereocenters. The minimum atomic E-state index is -4.26. The van der Waals surface area contributed by atoms with Crippen LogP contribution in [-0.2, 0) is 0 Å². The van der Waals surface area contributed by atoms with E-state index >= 15 is 0 Å². The first-order valence-electron chi connectivity index (χ1n) is 3.39. The number of rotatable bonds is 3. The normalized spacial score (nSPS) is 10.7. The topological polar surface area (TPSA) is 20.2 Å². The maximum Gasteiger partial charge on any atom is 0.453 e. The van der Waals surface area contributed by atoms with E-state index in [2.05, 4.69) is 5.92 Å². The third-order valence-corrected chi connectivity index (χ3v) is 1.43. The van der Waals surface area contributed by atoms with Gasteiger partial charge in [-0.25, -0.2) is 0 Å². The van der Waals surface area contributed by atoms with Gasteiger partial charge in [-0.05, 0) is 18.1 Å². The lowest BCUT2D eigenvalue weighted by molar-refractivity contribution is -0.0318. The zero-order chi connectivity index (χ0) is 9.45. The van der Waals surface area contributed by atoms with Crippen molar-refractivity contribution >= 4 is 11.8 Å². The molecular formula is C7H9F3OS. The number of halogens is 3. The Bertz CT molecular complexity index is 168. The number of aliphatic hydroxyl groups is 1. The van der Waals surface area contributed by atoms with E-state index in [1.807, 2.05) is 5.25 Å². The predicted octanol–water partition coefficient (Wildman–Crippen LogP) is 2.36. The first-order chi connectivity index (χ1) is 5.56. The van der Waals surface area contributed by atoms with Crippen LogP contribution in [0.1, 0.15) is 19.3 Å². The lowest BCUT2D eigenvalue weighted by atomic mass is 10.2. The first-order valence-corrected chi connectivity index (χ1v) is 4.21. The number of thioether (sulfide) groups is 1. The maximum absolute atomic E-state index is 11.5. The molecule has 12 heavy (non-hydrogen) atoms. The largest absolute Gasteiger partial charge is 0.453 e. The van der Waals surface area contributed by atoms with Gasteiger partial charge in [-0.3, -0.25) is 0 Å². The van der Waals surface area contributed by atoms with Gasteiger partial charge in [0, 0.05) is 24.8 Å². The average Bonchev–Trinajstić information content (AvgIpc) is 1.94. The van der Waals surface area contributed by atoms with E-state index in [9.17, 15) is 13.2 Å². The highest BCUT2D eigenvalue weighted by molar-refractivity contribution is 8.04. The summed E-state index contributed by atoms with van der Waals surface area (Å²) < 4.78 is 34.4. The Balaban J connectivity index is 3.35. The Kier molecular flexibility index (Phi) is 6.03. The second-order valence-electron chi connectivity index (χ2n) is 2.01. The molecule has 0 saturated carbocycles. The number of alkyl halides is 3. The summed E-state index contributed by atoms with van der Waals surface area (Å²) in [5.74, 6) is 2.36. The number of hydrogen-bond acceptors (Lipinski definition) is 2. The molecule has 0 amide bonds. The van der Waals surface area contributed by atoms with Crippen LogP contribution in [-0.4, -0.2) is 17.2 Å². The van der Waals surface area contributed by atoms with E-state index < -0.39 is 5.51 Å². The molecule has 0 aromatic carbocycles. The molecule has 0 saturated heterocycles. The van der Waals surface area contributed by atoms with Gasteiger partial charge in [0.25, 0.3) is 0 Å². The predicted molar refractivity (Wildman–Crippen MR) is 42.4 cm³/mol. The molecule has 0 aliphatic heterocycles. The van der Waals surface area contributed by atoms with E-state index in [0.717, 1.165) is 0 Å². The van der Waals surface area contributed by atoms with Crippen molar-refractivity contribution < 1.29 is 18.3 Å². The standard InChI is InChI=1S/C7H9F3OS/c8-7(9,10)12-6-4-2-1-3-5-11/h11H,1-3,5H2. The van der Waals surface area contributed by atoms with E-state index in [0.29, 0.717) is 19.3 Å². The third kappa shape index (κ3) is 9.66. The minimum absolute atomic E-state index is 0.0636. The molecule has 70 valence electrons. The van der Waals surface area contributed by atoms with Crippen molar-refractivity contribution in [3.63, 3.8) is 0 Å². The summed E-state index contributed by atoms with van der Waals surface area (Å²) in [6, 6.07) is 0. The molecule has 0 spiro atoms. The van der Waals surface area contributed by atoms with Crippen molar-refractivity contribution in [2.24, 2.45) is 0 Å². The summed E-state index contributed by atoms with van der Waals surface area (Å²) >= 11 is -0.332. The Morgan fingerprint density at radius 2 is 1.92 bits per heavy atom. The van der Waals surface area contributed by atoms with Gasteiger partial charge in [-0.2, -0.15) is 13.2 Å². The van der Waals surface area contributed by atoms with Crippen molar-refractivity contribution in [3.8, 4) is 11.2 Å². The van der Waals surface area contributed by atoms with Crippen molar-refractivity contribution in [3.05, 3.63) is 0 Å². The van der Waals surface area contributed by atoms with Crippen molar-refractivity contribution in [2.75, 3.05) is 6.61 Å². The number of aliphatic hydroxyl groups excluding tert-OH is 1. The molecule has 0 unspecified atom stereocenters. The molecule has 5 heteroatoms. The van der Waals surface area contributed by atoms with Gasteiger partial charge in [-0.1, -0.05) is 5.92 Å². The summed E-state index contributed by atoms with van der Waals surface area (Å²) in [7, 11) is 0. The Morgan fingerprint density at radius 1 is 1.25 bits per heavy atom. The number of hydrogen-bond donors (Lipinski definition) is 1. The lowest BCUT2D eigenvalue weighted by Gasteiger charge is -1.95. The van der Waals surface area contributed by atoms with Gasteiger partial charge in [-0.15, -0.1) is 0 Å². The lowest BCUT2D eigenvalue weighted by Crippen LogP contribution is -1.96. The average molecular weight is 198 g/mol. The highest BCUT2D eigenvalue weighted by Gasteiger charge is 2.27. The molecule has 0 heterocycles. The van der Waals surface area contributed by atoms with Gasteiger partial charge >= 0.3 is 5.51 Å². The first kappa shape index (κ1) is 11.7. The molecule has 0 aromatic heterocycles. The fourth-order valence-electron chi connectivity index (χ4n) is 0.470. The summed E-state index contributed by atoms with van der Waals surface area (Å²) in [5, 5.41) is 10.3. The highest BCUT2D eigenvalue weighted by Crippen LogP contribution is 2.28. The Hall–Kier alpha value is -0.340. The monoisotopic (exact) mass is 198 g/mol. The van der Waals surface area contributed by atoms with Crippen LogP contribution in [0.5, 0.6) is 0 Å². The second-order valence-corrected chi connectivity index (χ2v) is 2.88. The van der Waals surface area contributed by atoms with Crippen LogP contribution in [0.2, 0.25) is 0 Å². The van der Waals surface area contributed by atoms with Crippen LogP contribution in [0.4, 0.5) is 13.2 Å². The smallest absolute Gasteiger partial charge is 0.396 e. The summed E-state index contributed by atoms with van der Waals surface area (Å²) in [5.41, 5.74) is -4.26. The summed E-state index contributed by atoms with van der Waals surface area (Å²) in [4.78, 5) is 0. The van der Waals surface area contributed by atoms with Crippen molar-refractivity contribution in [1.82, 2.24) is 0 Å². The van der Waals surface area contributed by atoms with Crippen LogP contribution in [0.15, 0.2) is 0 Å². The molecule has 0 rings (SSSR count). The molecule has 1 nitrogen and oxygen atoms in total. The molecule has 0 aliphatic rings. The molecule has 1 N–H and O–H groups in total. The van der Waals surface area contributed by atoms with E-state index in [4.69, 9.17) is 5.11 Å². The van der Waals surface area contributed by atoms with Crippen molar-refractivity contribution in [1.29, 1.82) is 0 Å². The molecule has 0 aliphatic carbocycles. The van der Waals surface area contributed by atoms with Crippen molar-refractivity contribution in [2.45, 2.75) is 24.8 Å². The quantitative estimate of drug-likeness (QED) is 0.555. The van der Waals surface area contributed by atoms with Gasteiger partial charge < -0.3 is 5.11 Å². The molecular weight excluding hydrogens is 189 g/mol. The van der Waals surface area contributed by atoms with Crippen LogP contribution in [0.3, 0.4) is 0 Å². The fraction of sp³-hybridized carbons (Fsp3) is 0.714. The fourth-order valence-corrected chi connectivity index (χ4v) is 0.760. The van der Waals surface area contributed by atoms with Crippen LogP contribution < -0.4 is 0 Å². The maximum atomic E-state index is 11.5. The van der Waals surface area contributed by atoms with E-state index in [-0.39, 0.29) is 18.4 Å². The number of unbranched alkanes of at least 4 members (excludes halogenated alkanes) is 2. The van der Waals surface area contributed by atoms with Gasteiger partial charge in [0.2, 0.25) is 0 Å². The highest BCUT2D eigenvalue weighted by atomic mass is 32.2. The summed E-state index contributed by atoms with van der Waals surface area (Å²) in [6.07, 6.45) is 1.64. The summed E-state index contributed by atoms with van der Waals surface area (Å²) in [6.45, 7) is 0.0636. The molecule has 0 bridgehead atoms. The van der Waals surface area contributed by atoms with Gasteiger partial charge in [0.1, 0.15) is 0 Å². The van der Waals surface area contributed by atoms with Crippen LogP contribution in [0.25, 0.3) is 0 Å². The Morgan fingerprint density at radius 3 is 2.42 bits per heavy atom. The minimum Gasteiger partial charge on any atom is -0.396 e. The van der Waals surface area contributed by atoms with Crippen LogP contribution >= 0.6 is 11.8 Å². The Labute approximate surface area is 73.3 Å². The second kappa shape index (κ2) is 6.21. The van der Waals surface area contributed by atoms with Crippen LogP contribution in [0, 0.1) is 11.2 Å². The van der Waals surface area contributed by atoms with Gasteiger partial charge in [0.05, 0.1) is 0 Å².